The third-order valence-electron chi connectivity index (χ3n) is 4.11. The van der Waals surface area contributed by atoms with Gasteiger partial charge in [-0.25, -0.2) is 0 Å². The van der Waals surface area contributed by atoms with Crippen molar-refractivity contribution in [1.29, 1.82) is 5.26 Å². The van der Waals surface area contributed by atoms with Gasteiger partial charge in [-0.3, -0.25) is 4.79 Å². The third kappa shape index (κ3) is 5.17. The van der Waals surface area contributed by atoms with Crippen molar-refractivity contribution in [3.8, 4) is 17.6 Å². The van der Waals surface area contributed by atoms with Crippen molar-refractivity contribution < 1.29 is 14.3 Å². The van der Waals surface area contributed by atoms with Crippen molar-refractivity contribution in [3.05, 3.63) is 23.8 Å². The molecule has 2 rings (SSSR count). The van der Waals surface area contributed by atoms with Crippen LogP contribution < -0.4 is 14.8 Å². The first-order chi connectivity index (χ1) is 11.1. The Labute approximate surface area is 137 Å². The lowest BCUT2D eigenvalue weighted by atomic mass is 9.87. The molecule has 5 nitrogen and oxygen atoms in total. The second kappa shape index (κ2) is 8.42. The van der Waals surface area contributed by atoms with Gasteiger partial charge in [0.1, 0.15) is 0 Å². The van der Waals surface area contributed by atoms with E-state index >= 15 is 0 Å². The molecule has 1 amide bonds. The average molecular weight is 316 g/mol. The molecule has 0 spiro atoms. The Bertz CT molecular complexity index is 572. The van der Waals surface area contributed by atoms with Gasteiger partial charge >= 0.3 is 0 Å². The van der Waals surface area contributed by atoms with Crippen molar-refractivity contribution in [3.63, 3.8) is 0 Å². The van der Waals surface area contributed by atoms with E-state index in [1.165, 1.54) is 0 Å². The monoisotopic (exact) mass is 316 g/mol. The molecule has 0 unspecified atom stereocenters. The average Bonchev–Trinajstić information content (AvgIpc) is 2.56. The summed E-state index contributed by atoms with van der Waals surface area (Å²) >= 11 is 0. The number of rotatable bonds is 6. The molecule has 1 aromatic rings. The van der Waals surface area contributed by atoms with Crippen LogP contribution in [-0.2, 0) is 4.79 Å². The lowest BCUT2D eigenvalue weighted by molar-refractivity contribution is -0.124. The summed E-state index contributed by atoms with van der Waals surface area (Å²) in [6.45, 7) is 4.54. The van der Waals surface area contributed by atoms with Crippen LogP contribution in [0.1, 0.15) is 45.1 Å². The number of benzene rings is 1. The van der Waals surface area contributed by atoms with Crippen molar-refractivity contribution in [1.82, 2.24) is 5.32 Å². The van der Waals surface area contributed by atoms with Crippen LogP contribution in [0, 0.1) is 17.2 Å². The molecule has 0 saturated heterocycles. The van der Waals surface area contributed by atoms with E-state index in [2.05, 4.69) is 18.3 Å². The normalized spacial score (nSPS) is 20.4. The maximum absolute atomic E-state index is 12.0. The minimum absolute atomic E-state index is 0.0436. The van der Waals surface area contributed by atoms with Crippen LogP contribution in [0.3, 0.4) is 0 Å². The van der Waals surface area contributed by atoms with Gasteiger partial charge in [0.15, 0.2) is 18.1 Å². The molecular weight excluding hydrogens is 292 g/mol. The molecule has 1 N–H and O–H groups in total. The first kappa shape index (κ1) is 17.1. The summed E-state index contributed by atoms with van der Waals surface area (Å²) in [5, 5.41) is 12.0. The lowest BCUT2D eigenvalue weighted by Gasteiger charge is -2.26. The molecule has 0 aliphatic heterocycles. The quantitative estimate of drug-likeness (QED) is 0.875. The van der Waals surface area contributed by atoms with Gasteiger partial charge in [0, 0.05) is 12.1 Å². The van der Waals surface area contributed by atoms with E-state index in [1.54, 1.807) is 18.2 Å². The van der Waals surface area contributed by atoms with Gasteiger partial charge in [-0.2, -0.15) is 5.26 Å². The minimum atomic E-state index is -0.114. The summed E-state index contributed by atoms with van der Waals surface area (Å²) in [6.07, 6.45) is 4.40. The lowest BCUT2D eigenvalue weighted by Crippen LogP contribution is -2.39. The second-order valence-corrected chi connectivity index (χ2v) is 6.02. The van der Waals surface area contributed by atoms with Crippen LogP contribution in [0.25, 0.3) is 0 Å². The van der Waals surface area contributed by atoms with E-state index in [1.807, 2.05) is 6.92 Å². The first-order valence-corrected chi connectivity index (χ1v) is 8.21. The highest BCUT2D eigenvalue weighted by molar-refractivity contribution is 5.78. The van der Waals surface area contributed by atoms with Crippen molar-refractivity contribution in [2.75, 3.05) is 13.2 Å². The predicted molar refractivity (Wildman–Crippen MR) is 87.4 cm³/mol. The first-order valence-electron chi connectivity index (χ1n) is 8.21. The van der Waals surface area contributed by atoms with Gasteiger partial charge in [-0.1, -0.05) is 6.92 Å². The Balaban J connectivity index is 1.87. The molecule has 0 radical (unpaired) electrons. The molecule has 1 aromatic carbocycles. The van der Waals surface area contributed by atoms with E-state index < -0.39 is 0 Å². The smallest absolute Gasteiger partial charge is 0.258 e. The molecule has 124 valence electrons. The number of carbonyl (C=O) groups excluding carboxylic acids is 1. The van der Waals surface area contributed by atoms with Crippen molar-refractivity contribution in [2.24, 2.45) is 5.92 Å². The molecule has 0 aromatic heterocycles. The minimum Gasteiger partial charge on any atom is -0.490 e. The zero-order valence-corrected chi connectivity index (χ0v) is 13.8. The van der Waals surface area contributed by atoms with Crippen LogP contribution in [0.4, 0.5) is 0 Å². The van der Waals surface area contributed by atoms with Gasteiger partial charge in [-0.15, -0.1) is 0 Å². The Hall–Kier alpha value is -2.22. The highest BCUT2D eigenvalue weighted by atomic mass is 16.5. The van der Waals surface area contributed by atoms with Crippen LogP contribution in [-0.4, -0.2) is 25.2 Å². The zero-order chi connectivity index (χ0) is 16.7. The van der Waals surface area contributed by atoms with E-state index in [-0.39, 0.29) is 18.6 Å². The molecule has 0 heterocycles. The van der Waals surface area contributed by atoms with E-state index in [4.69, 9.17) is 14.7 Å². The van der Waals surface area contributed by atoms with E-state index in [0.717, 1.165) is 31.6 Å². The molecule has 1 saturated carbocycles. The Morgan fingerprint density at radius 3 is 2.65 bits per heavy atom. The Morgan fingerprint density at radius 1 is 1.26 bits per heavy atom. The molecule has 0 atom stereocenters. The SMILES string of the molecule is CCOc1cc(C#N)ccc1OCC(=O)NC1CCC(C)CC1. The third-order valence-corrected chi connectivity index (χ3v) is 4.11. The number of nitriles is 1. The molecular formula is C18H24N2O3. The molecule has 0 bridgehead atoms. The number of ether oxygens (including phenoxy) is 2. The molecule has 5 heteroatoms. The van der Waals surface area contributed by atoms with Crippen LogP contribution in [0.15, 0.2) is 18.2 Å². The van der Waals surface area contributed by atoms with Gasteiger partial charge in [0.25, 0.3) is 5.91 Å². The van der Waals surface area contributed by atoms with Gasteiger partial charge in [0.05, 0.1) is 18.2 Å². The fourth-order valence-electron chi connectivity index (χ4n) is 2.78. The van der Waals surface area contributed by atoms with Crippen molar-refractivity contribution in [2.45, 2.75) is 45.6 Å². The number of amides is 1. The summed E-state index contributed by atoms with van der Waals surface area (Å²) in [6, 6.07) is 7.26. The molecule has 1 aliphatic carbocycles. The topological polar surface area (TPSA) is 71.3 Å². The molecule has 1 fully saturated rings. The second-order valence-electron chi connectivity index (χ2n) is 6.02. The predicted octanol–water partition coefficient (Wildman–Crippen LogP) is 3.03. The Kier molecular flexibility index (Phi) is 6.28. The summed E-state index contributed by atoms with van der Waals surface area (Å²) < 4.78 is 11.0. The van der Waals surface area contributed by atoms with Crippen LogP contribution in [0.2, 0.25) is 0 Å². The maximum Gasteiger partial charge on any atom is 0.258 e. The molecule has 1 aliphatic rings. The number of hydrogen-bond donors (Lipinski definition) is 1. The fraction of sp³-hybridized carbons (Fsp3) is 0.556. The van der Waals surface area contributed by atoms with Crippen LogP contribution >= 0.6 is 0 Å². The fourth-order valence-corrected chi connectivity index (χ4v) is 2.78. The van der Waals surface area contributed by atoms with Crippen molar-refractivity contribution >= 4 is 5.91 Å². The number of carbonyl (C=O) groups is 1. The Morgan fingerprint density at radius 2 is 2.00 bits per heavy atom. The number of nitrogens with one attached hydrogen (secondary N) is 1. The summed E-state index contributed by atoms with van der Waals surface area (Å²) in [7, 11) is 0. The number of nitrogens with zero attached hydrogens (tertiary/aromatic N) is 1. The summed E-state index contributed by atoms with van der Waals surface area (Å²) in [4.78, 5) is 12.0. The molecule has 23 heavy (non-hydrogen) atoms. The highest BCUT2D eigenvalue weighted by Crippen LogP contribution is 2.28. The van der Waals surface area contributed by atoms with Gasteiger partial charge in [-0.05, 0) is 50.7 Å². The number of hydrogen-bond acceptors (Lipinski definition) is 4. The van der Waals surface area contributed by atoms with E-state index in [9.17, 15) is 4.79 Å². The van der Waals surface area contributed by atoms with E-state index in [0.29, 0.717) is 23.7 Å². The van der Waals surface area contributed by atoms with Gasteiger partial charge in [0.2, 0.25) is 0 Å². The summed E-state index contributed by atoms with van der Waals surface area (Å²) in [5.41, 5.74) is 0.501. The van der Waals surface area contributed by atoms with Gasteiger partial charge < -0.3 is 14.8 Å². The van der Waals surface area contributed by atoms with Crippen LogP contribution in [0.5, 0.6) is 11.5 Å². The standard InChI is InChI=1S/C18H24N2O3/c1-3-22-17-10-14(11-19)6-9-16(17)23-12-18(21)20-15-7-4-13(2)5-8-15/h6,9-10,13,15H,3-5,7-8,12H2,1-2H3,(H,20,21). The largest absolute Gasteiger partial charge is 0.490 e. The highest BCUT2D eigenvalue weighted by Gasteiger charge is 2.20. The zero-order valence-electron chi connectivity index (χ0n) is 13.8. The maximum atomic E-state index is 12.0. The summed E-state index contributed by atoms with van der Waals surface area (Å²) in [5.74, 6) is 1.62.